The maximum absolute atomic E-state index is 11.8. The molecule has 5 heteroatoms. The Bertz CT molecular complexity index is 602. The number of urea groups is 1. The molecule has 0 bridgehead atoms. The first-order chi connectivity index (χ1) is 10.7. The molecular formula is C17H20N2O3. The standard InChI is InChI=1S/C17H20N2O3/c1-13(12-21-2)18-17(20)19-14-7-6-10-16(11-14)22-15-8-4-3-5-9-15/h3-11,13H,12H2,1-2H3,(H2,18,19,20). The highest BCUT2D eigenvalue weighted by molar-refractivity contribution is 5.89. The summed E-state index contributed by atoms with van der Waals surface area (Å²) in [5, 5.41) is 5.55. The van der Waals surface area contributed by atoms with Gasteiger partial charge in [0.15, 0.2) is 0 Å². The number of hydrogen-bond acceptors (Lipinski definition) is 3. The van der Waals surface area contributed by atoms with Crippen LogP contribution in [0.2, 0.25) is 0 Å². The maximum Gasteiger partial charge on any atom is 0.319 e. The molecule has 0 fully saturated rings. The third-order valence-electron chi connectivity index (χ3n) is 2.86. The molecule has 22 heavy (non-hydrogen) atoms. The Kier molecular flexibility index (Phi) is 5.80. The Morgan fingerprint density at radius 2 is 1.82 bits per heavy atom. The predicted octanol–water partition coefficient (Wildman–Crippen LogP) is 3.64. The lowest BCUT2D eigenvalue weighted by molar-refractivity contribution is 0.173. The molecule has 0 aromatic heterocycles. The summed E-state index contributed by atoms with van der Waals surface area (Å²) in [7, 11) is 1.60. The zero-order valence-corrected chi connectivity index (χ0v) is 12.7. The minimum Gasteiger partial charge on any atom is -0.457 e. The number of benzene rings is 2. The number of rotatable bonds is 6. The molecule has 5 nitrogen and oxygen atoms in total. The molecule has 2 rings (SSSR count). The monoisotopic (exact) mass is 300 g/mol. The third kappa shape index (κ3) is 5.10. The molecule has 2 aromatic rings. The summed E-state index contributed by atoms with van der Waals surface area (Å²) >= 11 is 0. The zero-order chi connectivity index (χ0) is 15.8. The van der Waals surface area contributed by atoms with Crippen molar-refractivity contribution in [3.63, 3.8) is 0 Å². The van der Waals surface area contributed by atoms with E-state index in [-0.39, 0.29) is 12.1 Å². The zero-order valence-electron chi connectivity index (χ0n) is 12.7. The second-order valence-electron chi connectivity index (χ2n) is 4.90. The number of para-hydroxylation sites is 1. The lowest BCUT2D eigenvalue weighted by atomic mass is 10.3. The molecule has 0 radical (unpaired) electrons. The first-order valence-corrected chi connectivity index (χ1v) is 7.07. The molecule has 1 unspecified atom stereocenters. The van der Waals surface area contributed by atoms with Crippen LogP contribution in [-0.2, 0) is 4.74 Å². The van der Waals surface area contributed by atoms with Crippen molar-refractivity contribution in [3.8, 4) is 11.5 Å². The minimum absolute atomic E-state index is 0.0613. The van der Waals surface area contributed by atoms with Crippen LogP contribution < -0.4 is 15.4 Å². The van der Waals surface area contributed by atoms with Crippen LogP contribution in [0.5, 0.6) is 11.5 Å². The molecule has 0 spiro atoms. The Morgan fingerprint density at radius 3 is 2.55 bits per heavy atom. The summed E-state index contributed by atoms with van der Waals surface area (Å²) in [6.45, 7) is 2.34. The SMILES string of the molecule is COCC(C)NC(=O)Nc1cccc(Oc2ccccc2)c1. The van der Waals surface area contributed by atoms with E-state index in [0.717, 1.165) is 5.75 Å². The van der Waals surface area contributed by atoms with Crippen LogP contribution in [0, 0.1) is 0 Å². The normalized spacial score (nSPS) is 11.5. The Labute approximate surface area is 130 Å². The van der Waals surface area contributed by atoms with Crippen molar-refractivity contribution < 1.29 is 14.3 Å². The number of hydrogen-bond donors (Lipinski definition) is 2. The Morgan fingerprint density at radius 1 is 1.09 bits per heavy atom. The van der Waals surface area contributed by atoms with Crippen molar-refractivity contribution in [3.05, 3.63) is 54.6 Å². The lowest BCUT2D eigenvalue weighted by Gasteiger charge is -2.14. The van der Waals surface area contributed by atoms with E-state index in [1.54, 1.807) is 19.2 Å². The number of methoxy groups -OCH3 is 1. The van der Waals surface area contributed by atoms with Crippen molar-refractivity contribution >= 4 is 11.7 Å². The van der Waals surface area contributed by atoms with Crippen molar-refractivity contribution in [1.82, 2.24) is 5.32 Å². The molecule has 2 aromatic carbocycles. The summed E-state index contributed by atoms with van der Waals surface area (Å²) in [6, 6.07) is 16.4. The van der Waals surface area contributed by atoms with Gasteiger partial charge < -0.3 is 20.1 Å². The van der Waals surface area contributed by atoms with Crippen LogP contribution in [0.3, 0.4) is 0 Å². The molecule has 1 atom stereocenters. The van der Waals surface area contributed by atoms with Gasteiger partial charge in [-0.25, -0.2) is 4.79 Å². The average molecular weight is 300 g/mol. The van der Waals surface area contributed by atoms with Crippen LogP contribution in [0.1, 0.15) is 6.92 Å². The summed E-state index contributed by atoms with van der Waals surface area (Å²) < 4.78 is 10.7. The van der Waals surface area contributed by atoms with Crippen molar-refractivity contribution in [2.75, 3.05) is 19.0 Å². The van der Waals surface area contributed by atoms with Crippen molar-refractivity contribution in [2.24, 2.45) is 0 Å². The van der Waals surface area contributed by atoms with E-state index < -0.39 is 0 Å². The molecule has 0 saturated heterocycles. The highest BCUT2D eigenvalue weighted by Gasteiger charge is 2.07. The molecule has 0 saturated carbocycles. The van der Waals surface area contributed by atoms with E-state index in [2.05, 4.69) is 10.6 Å². The van der Waals surface area contributed by atoms with Crippen LogP contribution >= 0.6 is 0 Å². The van der Waals surface area contributed by atoms with Crippen LogP contribution in [0.25, 0.3) is 0 Å². The highest BCUT2D eigenvalue weighted by atomic mass is 16.5. The van der Waals surface area contributed by atoms with Crippen molar-refractivity contribution in [1.29, 1.82) is 0 Å². The molecule has 0 aliphatic carbocycles. The molecule has 0 aliphatic heterocycles. The Hall–Kier alpha value is -2.53. The average Bonchev–Trinajstić information content (AvgIpc) is 2.48. The summed E-state index contributed by atoms with van der Waals surface area (Å²) in [4.78, 5) is 11.8. The minimum atomic E-state index is -0.276. The molecule has 0 heterocycles. The van der Waals surface area contributed by atoms with E-state index >= 15 is 0 Å². The van der Waals surface area contributed by atoms with Gasteiger partial charge in [0.05, 0.1) is 12.6 Å². The van der Waals surface area contributed by atoms with Crippen LogP contribution in [-0.4, -0.2) is 25.8 Å². The molecular weight excluding hydrogens is 280 g/mol. The Balaban J connectivity index is 1.95. The van der Waals surface area contributed by atoms with Gasteiger partial charge in [-0.05, 0) is 31.2 Å². The van der Waals surface area contributed by atoms with Crippen LogP contribution in [0.4, 0.5) is 10.5 Å². The molecule has 2 amide bonds. The number of amides is 2. The quantitative estimate of drug-likeness (QED) is 0.856. The van der Waals surface area contributed by atoms with Gasteiger partial charge in [-0.15, -0.1) is 0 Å². The van der Waals surface area contributed by atoms with Crippen LogP contribution in [0.15, 0.2) is 54.6 Å². The topological polar surface area (TPSA) is 59.6 Å². The third-order valence-corrected chi connectivity index (χ3v) is 2.86. The molecule has 2 N–H and O–H groups in total. The van der Waals surface area contributed by atoms with Crippen molar-refractivity contribution in [2.45, 2.75) is 13.0 Å². The van der Waals surface area contributed by atoms with Gasteiger partial charge in [-0.3, -0.25) is 0 Å². The van der Waals surface area contributed by atoms with Gasteiger partial charge in [0.25, 0.3) is 0 Å². The number of nitrogens with one attached hydrogen (secondary N) is 2. The fourth-order valence-corrected chi connectivity index (χ4v) is 1.94. The molecule has 0 aliphatic rings. The fourth-order valence-electron chi connectivity index (χ4n) is 1.94. The fraction of sp³-hybridized carbons (Fsp3) is 0.235. The van der Waals surface area contributed by atoms with Gasteiger partial charge in [-0.2, -0.15) is 0 Å². The maximum atomic E-state index is 11.8. The van der Waals surface area contributed by atoms with Gasteiger partial charge in [0.1, 0.15) is 11.5 Å². The van der Waals surface area contributed by atoms with E-state index in [0.29, 0.717) is 18.0 Å². The second kappa shape index (κ2) is 8.05. The van der Waals surface area contributed by atoms with Gasteiger partial charge in [0.2, 0.25) is 0 Å². The van der Waals surface area contributed by atoms with E-state index in [1.165, 1.54) is 0 Å². The molecule has 116 valence electrons. The largest absolute Gasteiger partial charge is 0.457 e. The van der Waals surface area contributed by atoms with E-state index in [1.807, 2.05) is 49.4 Å². The second-order valence-corrected chi connectivity index (χ2v) is 4.90. The van der Waals surface area contributed by atoms with Gasteiger partial charge in [-0.1, -0.05) is 24.3 Å². The number of carbonyl (C=O) groups excluding carboxylic acids is 1. The first kappa shape index (κ1) is 15.9. The van der Waals surface area contributed by atoms with Gasteiger partial charge in [0, 0.05) is 18.9 Å². The van der Waals surface area contributed by atoms with E-state index in [4.69, 9.17) is 9.47 Å². The van der Waals surface area contributed by atoms with Gasteiger partial charge >= 0.3 is 6.03 Å². The first-order valence-electron chi connectivity index (χ1n) is 7.07. The summed E-state index contributed by atoms with van der Waals surface area (Å²) in [5.41, 5.74) is 0.663. The lowest BCUT2D eigenvalue weighted by Crippen LogP contribution is -2.38. The summed E-state index contributed by atoms with van der Waals surface area (Å²) in [6.07, 6.45) is 0. The number of carbonyl (C=O) groups is 1. The highest BCUT2D eigenvalue weighted by Crippen LogP contribution is 2.23. The predicted molar refractivity (Wildman–Crippen MR) is 86.5 cm³/mol. The van der Waals surface area contributed by atoms with E-state index in [9.17, 15) is 4.79 Å². The number of anilines is 1. The smallest absolute Gasteiger partial charge is 0.319 e. The number of ether oxygens (including phenoxy) is 2. The summed E-state index contributed by atoms with van der Waals surface area (Å²) in [5.74, 6) is 1.41.